The summed E-state index contributed by atoms with van der Waals surface area (Å²) >= 11 is 9.86. The van der Waals surface area contributed by atoms with Crippen LogP contribution in [0.5, 0.6) is 0 Å². The monoisotopic (exact) mass is 276 g/mol. The second kappa shape index (κ2) is 3.75. The maximum atomic E-state index is 6.29. The van der Waals surface area contributed by atoms with Gasteiger partial charge in [0.05, 0.1) is 8.07 Å². The van der Waals surface area contributed by atoms with Gasteiger partial charge in [-0.25, -0.2) is 0 Å². The van der Waals surface area contributed by atoms with Crippen molar-refractivity contribution < 1.29 is 0 Å². The Morgan fingerprint density at radius 3 is 2.15 bits per heavy atom. The summed E-state index contributed by atoms with van der Waals surface area (Å²) in [4.78, 5) is 0. The molecule has 0 spiro atoms. The van der Waals surface area contributed by atoms with Crippen molar-refractivity contribution in [3.05, 3.63) is 27.2 Å². The molecule has 0 nitrogen and oxygen atoms in total. The highest BCUT2D eigenvalue weighted by Crippen LogP contribution is 2.22. The van der Waals surface area contributed by atoms with E-state index in [-0.39, 0.29) is 0 Å². The number of hydrogen-bond acceptors (Lipinski definition) is 0. The van der Waals surface area contributed by atoms with Crippen LogP contribution in [0.4, 0.5) is 0 Å². The Balaban J connectivity index is 3.43. The molecule has 0 aliphatic heterocycles. The van der Waals surface area contributed by atoms with Crippen molar-refractivity contribution in [2.45, 2.75) is 26.6 Å². The van der Waals surface area contributed by atoms with Crippen LogP contribution in [0.25, 0.3) is 0 Å². The van der Waals surface area contributed by atoms with E-state index in [9.17, 15) is 0 Å². The summed E-state index contributed by atoms with van der Waals surface area (Å²) in [6, 6.07) is 4.14. The summed E-state index contributed by atoms with van der Waals surface area (Å²) in [5.74, 6) is 0. The van der Waals surface area contributed by atoms with Crippen molar-refractivity contribution >= 4 is 40.8 Å². The molecular formula is C10H14BrClSi. The molecule has 3 heteroatoms. The number of hydrogen-bond donors (Lipinski definition) is 0. The van der Waals surface area contributed by atoms with Crippen LogP contribution in [0.3, 0.4) is 0 Å². The molecule has 0 amide bonds. The first-order valence-corrected chi connectivity index (χ1v) is 8.96. The van der Waals surface area contributed by atoms with Gasteiger partial charge in [0, 0.05) is 9.50 Å². The Labute approximate surface area is 94.4 Å². The lowest BCUT2D eigenvalue weighted by atomic mass is 10.2. The van der Waals surface area contributed by atoms with Gasteiger partial charge < -0.3 is 0 Å². The molecular weight excluding hydrogens is 264 g/mol. The van der Waals surface area contributed by atoms with Crippen LogP contribution in [0.2, 0.25) is 24.7 Å². The standard InChI is InChI=1S/C10H14BrClSi/c1-7-5-6-8(11)10(9(7)12)13(2,3)4/h5-6H,1-4H3. The van der Waals surface area contributed by atoms with Gasteiger partial charge in [-0.05, 0) is 23.7 Å². The second-order valence-corrected chi connectivity index (χ2v) is 10.5. The minimum atomic E-state index is -1.33. The molecule has 0 fully saturated rings. The van der Waals surface area contributed by atoms with E-state index in [1.54, 1.807) is 0 Å². The van der Waals surface area contributed by atoms with Crippen LogP contribution in [0.1, 0.15) is 5.56 Å². The van der Waals surface area contributed by atoms with Gasteiger partial charge in [0.2, 0.25) is 0 Å². The van der Waals surface area contributed by atoms with E-state index in [0.717, 1.165) is 9.50 Å². The summed E-state index contributed by atoms with van der Waals surface area (Å²) in [6.45, 7) is 8.97. The van der Waals surface area contributed by atoms with Crippen LogP contribution < -0.4 is 5.19 Å². The Bertz CT molecular complexity index is 328. The molecule has 0 N–H and O–H groups in total. The topological polar surface area (TPSA) is 0 Å². The molecule has 0 aliphatic rings. The van der Waals surface area contributed by atoms with Crippen LogP contribution in [0.15, 0.2) is 16.6 Å². The van der Waals surface area contributed by atoms with Crippen molar-refractivity contribution in [3.8, 4) is 0 Å². The molecule has 0 heterocycles. The fraction of sp³-hybridized carbons (Fsp3) is 0.400. The molecule has 1 rings (SSSR count). The van der Waals surface area contributed by atoms with E-state index < -0.39 is 8.07 Å². The lowest BCUT2D eigenvalue weighted by Gasteiger charge is -2.21. The maximum Gasteiger partial charge on any atom is 0.0810 e. The maximum absolute atomic E-state index is 6.29. The van der Waals surface area contributed by atoms with E-state index in [1.165, 1.54) is 10.8 Å². The molecule has 13 heavy (non-hydrogen) atoms. The lowest BCUT2D eigenvalue weighted by Crippen LogP contribution is -2.39. The zero-order valence-electron chi connectivity index (χ0n) is 8.41. The molecule has 0 aromatic heterocycles. The summed E-state index contributed by atoms with van der Waals surface area (Å²) in [5, 5.41) is 2.27. The van der Waals surface area contributed by atoms with Gasteiger partial charge in [0.15, 0.2) is 0 Å². The Kier molecular flexibility index (Phi) is 3.26. The van der Waals surface area contributed by atoms with Crippen LogP contribution >= 0.6 is 27.5 Å². The summed E-state index contributed by atoms with van der Waals surface area (Å²) in [6.07, 6.45) is 0. The van der Waals surface area contributed by atoms with Crippen LogP contribution in [-0.2, 0) is 0 Å². The van der Waals surface area contributed by atoms with Gasteiger partial charge in [0.1, 0.15) is 0 Å². The number of halogens is 2. The largest absolute Gasteiger partial charge is 0.0841 e. The lowest BCUT2D eigenvalue weighted by molar-refractivity contribution is 1.47. The highest BCUT2D eigenvalue weighted by atomic mass is 79.9. The third-order valence-electron chi connectivity index (χ3n) is 2.03. The number of aryl methyl sites for hydroxylation is 1. The zero-order valence-corrected chi connectivity index (χ0v) is 11.8. The van der Waals surface area contributed by atoms with Gasteiger partial charge in [-0.2, -0.15) is 0 Å². The van der Waals surface area contributed by atoms with Gasteiger partial charge in [-0.3, -0.25) is 0 Å². The molecule has 1 aromatic carbocycles. The molecule has 0 bridgehead atoms. The SMILES string of the molecule is Cc1ccc(Br)c([Si](C)(C)C)c1Cl. The number of rotatable bonds is 1. The average Bonchev–Trinajstić information content (AvgIpc) is 1.95. The molecule has 0 saturated carbocycles. The summed E-state index contributed by atoms with van der Waals surface area (Å²) < 4.78 is 1.15. The zero-order chi connectivity index (χ0) is 10.2. The van der Waals surface area contributed by atoms with E-state index in [4.69, 9.17) is 11.6 Å². The number of benzene rings is 1. The van der Waals surface area contributed by atoms with Gasteiger partial charge in [-0.1, -0.05) is 53.2 Å². The molecule has 0 saturated heterocycles. The van der Waals surface area contributed by atoms with Crippen molar-refractivity contribution in [1.29, 1.82) is 0 Å². The summed E-state index contributed by atoms with van der Waals surface area (Å²) in [7, 11) is -1.33. The van der Waals surface area contributed by atoms with Crippen LogP contribution in [-0.4, -0.2) is 8.07 Å². The average molecular weight is 278 g/mol. The van der Waals surface area contributed by atoms with Crippen molar-refractivity contribution in [2.24, 2.45) is 0 Å². The van der Waals surface area contributed by atoms with Crippen molar-refractivity contribution in [3.63, 3.8) is 0 Å². The first kappa shape index (κ1) is 11.3. The van der Waals surface area contributed by atoms with Crippen molar-refractivity contribution in [1.82, 2.24) is 0 Å². The molecule has 0 atom stereocenters. The van der Waals surface area contributed by atoms with Gasteiger partial charge >= 0.3 is 0 Å². The molecule has 0 aliphatic carbocycles. The highest BCUT2D eigenvalue weighted by molar-refractivity contribution is 9.10. The molecule has 0 unspecified atom stereocenters. The third kappa shape index (κ3) is 2.36. The van der Waals surface area contributed by atoms with E-state index in [2.05, 4.69) is 54.6 Å². The normalized spacial score (nSPS) is 11.8. The fourth-order valence-electron chi connectivity index (χ4n) is 1.34. The fourth-order valence-corrected chi connectivity index (χ4v) is 6.24. The Morgan fingerprint density at radius 1 is 1.23 bits per heavy atom. The Morgan fingerprint density at radius 2 is 1.77 bits per heavy atom. The third-order valence-corrected chi connectivity index (χ3v) is 5.73. The molecule has 0 radical (unpaired) electrons. The smallest absolute Gasteiger partial charge is 0.0810 e. The van der Waals surface area contributed by atoms with E-state index in [0.29, 0.717) is 0 Å². The molecule has 72 valence electrons. The predicted molar refractivity (Wildman–Crippen MR) is 66.9 cm³/mol. The summed E-state index contributed by atoms with van der Waals surface area (Å²) in [5.41, 5.74) is 1.17. The highest BCUT2D eigenvalue weighted by Gasteiger charge is 2.23. The first-order valence-electron chi connectivity index (χ1n) is 4.29. The molecule has 1 aromatic rings. The quantitative estimate of drug-likeness (QED) is 0.682. The minimum Gasteiger partial charge on any atom is -0.0841 e. The van der Waals surface area contributed by atoms with Gasteiger partial charge in [-0.15, -0.1) is 0 Å². The Hall–Kier alpha value is 0.207. The van der Waals surface area contributed by atoms with Crippen LogP contribution in [0, 0.1) is 6.92 Å². The minimum absolute atomic E-state index is 0.938. The predicted octanol–water partition coefficient (Wildman–Crippen LogP) is 3.96. The van der Waals surface area contributed by atoms with E-state index in [1.807, 2.05) is 0 Å². The van der Waals surface area contributed by atoms with Gasteiger partial charge in [0.25, 0.3) is 0 Å². The second-order valence-electron chi connectivity index (χ2n) is 4.30. The van der Waals surface area contributed by atoms with Crippen molar-refractivity contribution in [2.75, 3.05) is 0 Å². The van der Waals surface area contributed by atoms with E-state index >= 15 is 0 Å². The first-order chi connectivity index (χ1) is 5.84.